The Morgan fingerprint density at radius 2 is 1.71 bits per heavy atom. The van der Waals surface area contributed by atoms with Gasteiger partial charge in [-0.05, 0) is 5.56 Å². The van der Waals surface area contributed by atoms with Crippen LogP contribution in [-0.2, 0) is 9.47 Å². The fourth-order valence-corrected chi connectivity index (χ4v) is 2.89. The molecule has 0 aliphatic carbocycles. The molecule has 1 heterocycles. The van der Waals surface area contributed by atoms with Crippen molar-refractivity contribution in [1.29, 1.82) is 0 Å². The maximum Gasteiger partial charge on any atom is 0.168 e. The zero-order valence-electron chi connectivity index (χ0n) is 13.4. The molecule has 0 bridgehead atoms. The van der Waals surface area contributed by atoms with E-state index in [4.69, 9.17) is 9.47 Å². The molecule has 0 radical (unpaired) electrons. The fraction of sp³-hybridized carbons (Fsp3) is 0.316. The van der Waals surface area contributed by atoms with Crippen molar-refractivity contribution in [2.75, 3.05) is 19.9 Å². The van der Waals surface area contributed by atoms with Crippen molar-refractivity contribution in [3.8, 4) is 0 Å². The molecule has 0 aromatic heterocycles. The smallest absolute Gasteiger partial charge is 0.168 e. The number of quaternary nitrogens is 1. The molecule has 2 aromatic carbocycles. The van der Waals surface area contributed by atoms with Crippen LogP contribution in [0.15, 0.2) is 60.7 Å². The predicted molar refractivity (Wildman–Crippen MR) is 87.1 cm³/mol. The fourth-order valence-electron chi connectivity index (χ4n) is 2.89. The summed E-state index contributed by atoms with van der Waals surface area (Å²) in [5.74, 6) is 0.177. The summed E-state index contributed by atoms with van der Waals surface area (Å²) in [5, 5.41) is 2.16. The summed E-state index contributed by atoms with van der Waals surface area (Å²) in [6, 6.07) is 19.8. The monoisotopic (exact) mass is 347 g/mol. The Hall–Kier alpha value is -1.72. The summed E-state index contributed by atoms with van der Waals surface area (Å²) in [7, 11) is 0. The van der Waals surface area contributed by atoms with E-state index in [0.29, 0.717) is 19.8 Å². The molecule has 1 saturated heterocycles. The molecular weight excluding hydrogens is 326 g/mol. The van der Waals surface area contributed by atoms with Gasteiger partial charge < -0.3 is 27.2 Å². The van der Waals surface area contributed by atoms with Gasteiger partial charge in [-0.2, -0.15) is 0 Å². The number of carbonyl (C=O) groups is 1. The lowest BCUT2D eigenvalue weighted by molar-refractivity contribution is -0.704. The lowest BCUT2D eigenvalue weighted by Gasteiger charge is -2.30. The lowest BCUT2D eigenvalue weighted by atomic mass is 10.0. The summed E-state index contributed by atoms with van der Waals surface area (Å²) in [6.07, 6.45) is 0.527. The zero-order chi connectivity index (χ0) is 15.9. The number of nitrogens with two attached hydrogens (primary N) is 1. The van der Waals surface area contributed by atoms with Crippen LogP contribution in [-0.4, -0.2) is 31.8 Å². The molecule has 5 heteroatoms. The Labute approximate surface area is 148 Å². The van der Waals surface area contributed by atoms with Gasteiger partial charge in [0.05, 0.1) is 13.0 Å². The van der Waals surface area contributed by atoms with Gasteiger partial charge in [-0.3, -0.25) is 4.79 Å². The molecule has 1 aliphatic rings. The van der Waals surface area contributed by atoms with E-state index >= 15 is 0 Å². The second-order valence-corrected chi connectivity index (χ2v) is 5.71. The Balaban J connectivity index is 0.00000208. The zero-order valence-corrected chi connectivity index (χ0v) is 14.2. The molecule has 1 aliphatic heterocycles. The molecule has 2 N–H and O–H groups in total. The predicted octanol–water partition coefficient (Wildman–Crippen LogP) is -1.06. The molecule has 3 rings (SSSR count). The number of ketones is 1. The maximum absolute atomic E-state index is 12.2. The van der Waals surface area contributed by atoms with Crippen LogP contribution in [0.1, 0.15) is 28.4 Å². The van der Waals surface area contributed by atoms with Gasteiger partial charge in [0.2, 0.25) is 0 Å². The highest BCUT2D eigenvalue weighted by molar-refractivity contribution is 5.95. The standard InChI is InChI=1S/C19H21NO3.ClH/c21-18(15-7-3-1-4-8-15)11-12-20-17-13-22-14-23-19(17)16-9-5-2-6-10-16;/h1-10,17,19-20H,11-14H2;1H. The average molecular weight is 348 g/mol. The summed E-state index contributed by atoms with van der Waals surface area (Å²) in [6.45, 7) is 1.69. The first-order valence-electron chi connectivity index (χ1n) is 8.00. The van der Waals surface area contributed by atoms with Gasteiger partial charge in [0.25, 0.3) is 0 Å². The van der Waals surface area contributed by atoms with E-state index in [2.05, 4.69) is 17.4 Å². The summed E-state index contributed by atoms with van der Waals surface area (Å²) in [4.78, 5) is 12.2. The van der Waals surface area contributed by atoms with Crippen molar-refractivity contribution in [3.63, 3.8) is 0 Å². The molecule has 4 nitrogen and oxygen atoms in total. The van der Waals surface area contributed by atoms with Crippen molar-refractivity contribution in [2.45, 2.75) is 18.6 Å². The molecule has 2 atom stereocenters. The average Bonchev–Trinajstić information content (AvgIpc) is 2.63. The Morgan fingerprint density at radius 1 is 1.04 bits per heavy atom. The number of Topliss-reactive ketones (excluding diaryl/α,β-unsaturated/α-hetero) is 1. The topological polar surface area (TPSA) is 52.1 Å². The van der Waals surface area contributed by atoms with Gasteiger partial charge in [0.1, 0.15) is 25.5 Å². The second kappa shape index (κ2) is 9.55. The Kier molecular flexibility index (Phi) is 7.40. The first-order valence-corrected chi connectivity index (χ1v) is 8.00. The third-order valence-electron chi connectivity index (χ3n) is 4.09. The van der Waals surface area contributed by atoms with Crippen LogP contribution in [0.5, 0.6) is 0 Å². The van der Waals surface area contributed by atoms with Crippen molar-refractivity contribution in [2.24, 2.45) is 0 Å². The van der Waals surface area contributed by atoms with E-state index in [0.717, 1.165) is 17.7 Å². The molecular formula is C19H22ClNO3. The number of halogens is 1. The molecule has 0 amide bonds. The highest BCUT2D eigenvalue weighted by atomic mass is 35.5. The summed E-state index contributed by atoms with van der Waals surface area (Å²) >= 11 is 0. The number of rotatable bonds is 6. The van der Waals surface area contributed by atoms with E-state index in [9.17, 15) is 4.79 Å². The quantitative estimate of drug-likeness (QED) is 0.678. The van der Waals surface area contributed by atoms with Crippen molar-refractivity contribution >= 4 is 5.78 Å². The van der Waals surface area contributed by atoms with Crippen molar-refractivity contribution in [3.05, 3.63) is 71.8 Å². The minimum Gasteiger partial charge on any atom is -1.00 e. The van der Waals surface area contributed by atoms with Crippen LogP contribution in [0.2, 0.25) is 0 Å². The number of ether oxygens (including phenoxy) is 2. The van der Waals surface area contributed by atoms with Crippen LogP contribution in [0.25, 0.3) is 0 Å². The van der Waals surface area contributed by atoms with E-state index in [-0.39, 0.29) is 30.3 Å². The third kappa shape index (κ3) is 4.89. The number of hydrogen-bond donors (Lipinski definition) is 1. The Bertz CT molecular complexity index is 621. The molecule has 2 aromatic rings. The van der Waals surface area contributed by atoms with Gasteiger partial charge >= 0.3 is 0 Å². The molecule has 0 spiro atoms. The van der Waals surface area contributed by atoms with Crippen LogP contribution in [0.4, 0.5) is 0 Å². The van der Waals surface area contributed by atoms with Gasteiger partial charge in [-0.1, -0.05) is 60.7 Å². The number of benzene rings is 2. The van der Waals surface area contributed by atoms with Crippen molar-refractivity contribution in [1.82, 2.24) is 0 Å². The van der Waals surface area contributed by atoms with Crippen LogP contribution in [0, 0.1) is 0 Å². The van der Waals surface area contributed by atoms with E-state index < -0.39 is 0 Å². The molecule has 0 saturated carbocycles. The van der Waals surface area contributed by atoms with Gasteiger partial charge in [0, 0.05) is 5.56 Å². The minimum atomic E-state index is 0. The van der Waals surface area contributed by atoms with Crippen LogP contribution < -0.4 is 17.7 Å². The van der Waals surface area contributed by atoms with E-state index in [1.807, 2.05) is 48.5 Å². The molecule has 24 heavy (non-hydrogen) atoms. The Morgan fingerprint density at radius 3 is 2.42 bits per heavy atom. The molecule has 2 unspecified atom stereocenters. The highest BCUT2D eigenvalue weighted by Gasteiger charge is 2.30. The summed E-state index contributed by atoms with van der Waals surface area (Å²) < 4.78 is 11.2. The second-order valence-electron chi connectivity index (χ2n) is 5.71. The molecule has 1 fully saturated rings. The largest absolute Gasteiger partial charge is 1.00 e. The van der Waals surface area contributed by atoms with E-state index in [1.165, 1.54) is 0 Å². The van der Waals surface area contributed by atoms with Crippen molar-refractivity contribution < 1.29 is 32.0 Å². The number of carbonyl (C=O) groups excluding carboxylic acids is 1. The van der Waals surface area contributed by atoms with Crippen LogP contribution >= 0.6 is 0 Å². The maximum atomic E-state index is 12.2. The van der Waals surface area contributed by atoms with Crippen LogP contribution in [0.3, 0.4) is 0 Å². The third-order valence-corrected chi connectivity index (χ3v) is 4.09. The lowest BCUT2D eigenvalue weighted by Crippen LogP contribution is -3.00. The first kappa shape index (κ1) is 18.6. The number of hydrogen-bond acceptors (Lipinski definition) is 3. The first-order chi connectivity index (χ1) is 11.3. The van der Waals surface area contributed by atoms with Gasteiger partial charge in [-0.25, -0.2) is 0 Å². The summed E-state index contributed by atoms with van der Waals surface area (Å²) in [5.41, 5.74) is 1.93. The minimum absolute atomic E-state index is 0. The SMILES string of the molecule is O=C(CC[NH2+]C1COCOC1c1ccccc1)c1ccccc1.[Cl-]. The van der Waals surface area contributed by atoms with Gasteiger partial charge in [-0.15, -0.1) is 0 Å². The molecule has 128 valence electrons. The van der Waals surface area contributed by atoms with E-state index in [1.54, 1.807) is 0 Å². The van der Waals surface area contributed by atoms with Gasteiger partial charge in [0.15, 0.2) is 5.78 Å². The normalized spacial score (nSPS) is 20.2. The highest BCUT2D eigenvalue weighted by Crippen LogP contribution is 2.22.